The summed E-state index contributed by atoms with van der Waals surface area (Å²) in [5.41, 5.74) is 0.351. The lowest BCUT2D eigenvalue weighted by molar-refractivity contribution is -0.117. The predicted octanol–water partition coefficient (Wildman–Crippen LogP) is 2.84. The fraction of sp³-hybridized carbons (Fsp3) is 0.579. The van der Waals surface area contributed by atoms with Crippen molar-refractivity contribution in [2.45, 2.75) is 44.1 Å². The van der Waals surface area contributed by atoms with Gasteiger partial charge < -0.3 is 14.9 Å². The lowest BCUT2D eigenvalue weighted by Gasteiger charge is -2.40. The largest absolute Gasteiger partial charge is 0.388 e. The molecule has 2 saturated heterocycles. The highest BCUT2D eigenvalue weighted by atomic mass is 35.5. The average Bonchev–Trinajstić information content (AvgIpc) is 3.37. The van der Waals surface area contributed by atoms with Crippen LogP contribution in [-0.4, -0.2) is 47.1 Å². The van der Waals surface area contributed by atoms with E-state index < -0.39 is 5.60 Å². The summed E-state index contributed by atoms with van der Waals surface area (Å²) in [6, 6.07) is 5.10. The van der Waals surface area contributed by atoms with E-state index in [0.717, 1.165) is 32.1 Å². The van der Waals surface area contributed by atoms with Crippen LogP contribution in [0, 0.1) is 5.92 Å². The first kappa shape index (κ1) is 16.9. The number of β-amino-alcohol motifs (C(OH)–C–C–N with tert-alkyl or cyclic N) is 1. The molecule has 5 nitrogen and oxygen atoms in total. The second kappa shape index (κ2) is 6.29. The number of hydrogen-bond acceptors (Lipinski definition) is 3. The van der Waals surface area contributed by atoms with Gasteiger partial charge in [-0.15, -0.1) is 0 Å². The lowest BCUT2D eigenvalue weighted by atomic mass is 9.87. The number of anilines is 1. The number of aliphatic hydroxyl groups is 1. The van der Waals surface area contributed by atoms with Gasteiger partial charge >= 0.3 is 0 Å². The number of benzene rings is 1. The monoisotopic (exact) mass is 362 g/mol. The summed E-state index contributed by atoms with van der Waals surface area (Å²) < 4.78 is 0. The molecule has 3 aliphatic rings. The minimum absolute atomic E-state index is 0.0319. The first-order chi connectivity index (χ1) is 12.0. The Bertz CT molecular complexity index is 719. The molecule has 0 spiro atoms. The summed E-state index contributed by atoms with van der Waals surface area (Å²) >= 11 is 6.13. The molecular weight excluding hydrogens is 340 g/mol. The van der Waals surface area contributed by atoms with Gasteiger partial charge in [-0.25, -0.2) is 0 Å². The van der Waals surface area contributed by atoms with Gasteiger partial charge in [-0.1, -0.05) is 11.6 Å². The van der Waals surface area contributed by atoms with Crippen LogP contribution < -0.4 is 4.90 Å². The quantitative estimate of drug-likeness (QED) is 0.899. The summed E-state index contributed by atoms with van der Waals surface area (Å²) in [6.45, 7) is 1.64. The molecule has 134 valence electrons. The van der Waals surface area contributed by atoms with Crippen LogP contribution in [0.25, 0.3) is 0 Å². The topological polar surface area (TPSA) is 60.9 Å². The van der Waals surface area contributed by atoms with Crippen molar-refractivity contribution in [2.24, 2.45) is 5.92 Å². The number of carbonyl (C=O) groups excluding carboxylic acids is 2. The first-order valence-corrected chi connectivity index (χ1v) is 9.47. The van der Waals surface area contributed by atoms with E-state index in [1.807, 2.05) is 0 Å². The molecule has 1 aromatic rings. The number of halogens is 1. The van der Waals surface area contributed by atoms with Crippen LogP contribution in [-0.2, 0) is 4.79 Å². The van der Waals surface area contributed by atoms with Crippen molar-refractivity contribution in [1.29, 1.82) is 0 Å². The van der Waals surface area contributed by atoms with Gasteiger partial charge in [0.2, 0.25) is 5.91 Å². The smallest absolute Gasteiger partial charge is 0.256 e. The molecule has 0 radical (unpaired) electrons. The molecule has 1 saturated carbocycles. The van der Waals surface area contributed by atoms with E-state index in [4.69, 9.17) is 11.6 Å². The van der Waals surface area contributed by atoms with Crippen molar-refractivity contribution >= 4 is 29.1 Å². The van der Waals surface area contributed by atoms with E-state index in [1.54, 1.807) is 28.0 Å². The Labute approximate surface area is 152 Å². The number of likely N-dealkylation sites (tertiary alicyclic amines) is 1. The van der Waals surface area contributed by atoms with E-state index in [9.17, 15) is 14.7 Å². The van der Waals surface area contributed by atoms with Gasteiger partial charge in [0.15, 0.2) is 0 Å². The fourth-order valence-corrected chi connectivity index (χ4v) is 4.34. The zero-order valence-corrected chi connectivity index (χ0v) is 15.0. The zero-order chi connectivity index (χ0) is 17.6. The van der Waals surface area contributed by atoms with Gasteiger partial charge in [-0.05, 0) is 56.2 Å². The minimum Gasteiger partial charge on any atom is -0.388 e. The van der Waals surface area contributed by atoms with Gasteiger partial charge in [0, 0.05) is 31.1 Å². The minimum atomic E-state index is -0.746. The molecular formula is C19H23ClN2O3. The second-order valence-corrected chi connectivity index (χ2v) is 7.95. The lowest BCUT2D eigenvalue weighted by Crippen LogP contribution is -2.51. The molecule has 2 heterocycles. The fourth-order valence-electron chi connectivity index (χ4n) is 4.17. The summed E-state index contributed by atoms with van der Waals surface area (Å²) in [5.74, 6) is 0.238. The molecule has 1 N–H and O–H groups in total. The zero-order valence-electron chi connectivity index (χ0n) is 14.2. The molecule has 2 amide bonds. The molecule has 4 rings (SSSR count). The summed E-state index contributed by atoms with van der Waals surface area (Å²) in [7, 11) is 0. The Morgan fingerprint density at radius 3 is 2.72 bits per heavy atom. The van der Waals surface area contributed by atoms with Crippen molar-refractivity contribution in [2.75, 3.05) is 24.5 Å². The van der Waals surface area contributed by atoms with Crippen molar-refractivity contribution in [1.82, 2.24) is 4.90 Å². The van der Waals surface area contributed by atoms with Gasteiger partial charge in [-0.3, -0.25) is 9.59 Å². The van der Waals surface area contributed by atoms with Gasteiger partial charge in [0.25, 0.3) is 5.91 Å². The number of hydrogen-bond donors (Lipinski definition) is 1. The average molecular weight is 363 g/mol. The van der Waals surface area contributed by atoms with Crippen LogP contribution in [0.4, 0.5) is 5.69 Å². The number of piperidine rings is 1. The van der Waals surface area contributed by atoms with Crippen LogP contribution in [0.5, 0.6) is 0 Å². The first-order valence-electron chi connectivity index (χ1n) is 9.09. The van der Waals surface area contributed by atoms with Gasteiger partial charge in [-0.2, -0.15) is 0 Å². The van der Waals surface area contributed by atoms with Crippen molar-refractivity contribution in [3.8, 4) is 0 Å². The molecule has 3 fully saturated rings. The maximum atomic E-state index is 13.2. The number of carbonyl (C=O) groups is 2. The highest BCUT2D eigenvalue weighted by Crippen LogP contribution is 2.44. The maximum Gasteiger partial charge on any atom is 0.256 e. The van der Waals surface area contributed by atoms with Crippen LogP contribution in [0.1, 0.15) is 48.9 Å². The summed E-state index contributed by atoms with van der Waals surface area (Å²) in [6.07, 6.45) is 4.97. The summed E-state index contributed by atoms with van der Waals surface area (Å²) in [4.78, 5) is 28.7. The molecule has 1 aromatic carbocycles. The Morgan fingerprint density at radius 2 is 2.04 bits per heavy atom. The Kier molecular flexibility index (Phi) is 4.24. The van der Waals surface area contributed by atoms with E-state index in [0.29, 0.717) is 48.2 Å². The van der Waals surface area contributed by atoms with E-state index in [1.165, 1.54) is 0 Å². The maximum absolute atomic E-state index is 13.2. The highest BCUT2D eigenvalue weighted by Gasteiger charge is 2.47. The number of nitrogens with zero attached hydrogens (tertiary/aromatic N) is 2. The third-order valence-corrected chi connectivity index (χ3v) is 5.92. The number of rotatable bonds is 3. The molecule has 1 unspecified atom stereocenters. The summed E-state index contributed by atoms with van der Waals surface area (Å²) in [5, 5.41) is 11.4. The van der Waals surface area contributed by atoms with Crippen molar-refractivity contribution < 1.29 is 14.7 Å². The van der Waals surface area contributed by atoms with Gasteiger partial charge in [0.1, 0.15) is 0 Å². The SMILES string of the molecule is O=C(c1ccc(Cl)cc1N1CCCC1=O)N1CCCC(O)(C2CC2)C1. The second-order valence-electron chi connectivity index (χ2n) is 7.52. The molecule has 6 heteroatoms. The van der Waals surface area contributed by atoms with Crippen molar-refractivity contribution in [3.63, 3.8) is 0 Å². The van der Waals surface area contributed by atoms with E-state index in [-0.39, 0.29) is 11.8 Å². The van der Waals surface area contributed by atoms with Crippen LogP contribution in [0.2, 0.25) is 5.02 Å². The highest BCUT2D eigenvalue weighted by molar-refractivity contribution is 6.31. The Hall–Kier alpha value is -1.59. The van der Waals surface area contributed by atoms with Gasteiger partial charge in [0.05, 0.1) is 16.9 Å². The van der Waals surface area contributed by atoms with E-state index >= 15 is 0 Å². The van der Waals surface area contributed by atoms with Crippen LogP contribution in [0.3, 0.4) is 0 Å². The Balaban J connectivity index is 1.62. The molecule has 1 aliphatic carbocycles. The molecule has 1 atom stereocenters. The molecule has 25 heavy (non-hydrogen) atoms. The molecule has 2 aliphatic heterocycles. The van der Waals surface area contributed by atoms with E-state index in [2.05, 4.69) is 0 Å². The normalized spacial score (nSPS) is 27.0. The third kappa shape index (κ3) is 3.15. The Morgan fingerprint density at radius 1 is 1.24 bits per heavy atom. The van der Waals surface area contributed by atoms with Crippen LogP contribution in [0.15, 0.2) is 18.2 Å². The number of amides is 2. The third-order valence-electron chi connectivity index (χ3n) is 5.68. The van der Waals surface area contributed by atoms with Crippen LogP contribution >= 0.6 is 11.6 Å². The standard InChI is InChI=1S/C19H23ClN2O3/c20-14-6-7-15(16(11-14)22-10-1-3-17(22)23)18(24)21-9-2-8-19(25,12-21)13-4-5-13/h6-7,11,13,25H,1-5,8-10,12H2. The molecule has 0 bridgehead atoms. The van der Waals surface area contributed by atoms with Crippen molar-refractivity contribution in [3.05, 3.63) is 28.8 Å². The predicted molar refractivity (Wildman–Crippen MR) is 95.9 cm³/mol. The molecule has 0 aromatic heterocycles.